The number of hydrogen-bond donors (Lipinski definition) is 1. The first-order chi connectivity index (χ1) is 22.0. The molecule has 1 N–H and O–H groups in total. The minimum Gasteiger partial charge on any atom is -0.379 e. The van der Waals surface area contributed by atoms with Gasteiger partial charge in [-0.05, 0) is 29.2 Å². The maximum absolute atomic E-state index is 12.9. The molecule has 2 aliphatic rings. The van der Waals surface area contributed by atoms with Crippen LogP contribution in [0.3, 0.4) is 0 Å². The van der Waals surface area contributed by atoms with Crippen molar-refractivity contribution in [3.05, 3.63) is 144 Å². The molecule has 234 valence electrons. The highest BCUT2D eigenvalue weighted by Crippen LogP contribution is 2.52. The zero-order valence-corrected chi connectivity index (χ0v) is 25.5. The van der Waals surface area contributed by atoms with Crippen LogP contribution in [0.25, 0.3) is 0 Å². The van der Waals surface area contributed by atoms with Gasteiger partial charge in [-0.25, -0.2) is 0 Å². The summed E-state index contributed by atoms with van der Waals surface area (Å²) in [6.45, 7) is 2.88. The van der Waals surface area contributed by atoms with E-state index in [0.717, 1.165) is 22.3 Å². The summed E-state index contributed by atoms with van der Waals surface area (Å²) >= 11 is 0. The van der Waals surface area contributed by atoms with E-state index in [9.17, 15) is 9.90 Å². The second-order valence-electron chi connectivity index (χ2n) is 12.0. The van der Waals surface area contributed by atoms with E-state index in [1.165, 1.54) is 6.92 Å². The molecule has 1 aliphatic carbocycles. The number of benzene rings is 4. The molecule has 6 atom stereocenters. The number of carbonyl (C=O) groups is 1. The average molecular weight is 609 g/mol. The summed E-state index contributed by atoms with van der Waals surface area (Å²) in [5.41, 5.74) is 0.816. The third-order valence-electron chi connectivity index (χ3n) is 8.84. The third-order valence-corrected chi connectivity index (χ3v) is 8.84. The predicted octanol–water partition coefficient (Wildman–Crippen LogP) is 5.82. The topological polar surface area (TPSA) is 83.5 Å². The molecular formula is C38H40O7. The molecule has 7 nitrogen and oxygen atoms in total. The van der Waals surface area contributed by atoms with E-state index in [0.29, 0.717) is 13.2 Å². The quantitative estimate of drug-likeness (QED) is 0.205. The molecule has 1 saturated heterocycles. The lowest BCUT2D eigenvalue weighted by Crippen LogP contribution is -2.81. The van der Waals surface area contributed by atoms with Crippen LogP contribution >= 0.6 is 0 Å². The molecule has 7 heteroatoms. The Kier molecular flexibility index (Phi) is 9.85. The normalized spacial score (nSPS) is 27.7. The maximum Gasteiger partial charge on any atom is 0.170 e. The number of ether oxygens (including phenoxy) is 5. The highest BCUT2D eigenvalue weighted by Gasteiger charge is 2.73. The van der Waals surface area contributed by atoms with E-state index < -0.39 is 35.6 Å². The summed E-state index contributed by atoms with van der Waals surface area (Å²) in [6.07, 6.45) is -2.82. The van der Waals surface area contributed by atoms with Crippen molar-refractivity contribution in [1.29, 1.82) is 0 Å². The molecule has 2 fully saturated rings. The number of aliphatic hydroxyl groups is 1. The Morgan fingerprint density at radius 2 is 1.07 bits per heavy atom. The van der Waals surface area contributed by atoms with Crippen LogP contribution in [0.4, 0.5) is 0 Å². The van der Waals surface area contributed by atoms with Crippen molar-refractivity contribution in [1.82, 2.24) is 0 Å². The van der Waals surface area contributed by atoms with Gasteiger partial charge in [0.25, 0.3) is 0 Å². The molecule has 4 unspecified atom stereocenters. The van der Waals surface area contributed by atoms with Gasteiger partial charge in [0.05, 0.1) is 33.0 Å². The number of Topliss-reactive ketones (excluding diaryl/α,β-unsaturated/α-hetero) is 1. The van der Waals surface area contributed by atoms with Crippen molar-refractivity contribution in [2.75, 3.05) is 6.61 Å². The zero-order chi connectivity index (χ0) is 31.1. The SMILES string of the molecule is CC1(O)C(=O)C[C@@]12OC(COCc1ccccc1)[C@@H](OCc1ccccc1)C(OCc1ccccc1)C2OCc1ccccc1. The van der Waals surface area contributed by atoms with Gasteiger partial charge in [0.1, 0.15) is 30.0 Å². The summed E-state index contributed by atoms with van der Waals surface area (Å²) in [7, 11) is 0. The van der Waals surface area contributed by atoms with E-state index in [1.54, 1.807) is 0 Å². The van der Waals surface area contributed by atoms with E-state index in [4.69, 9.17) is 23.7 Å². The summed E-state index contributed by atoms with van der Waals surface area (Å²) in [6, 6.07) is 39.5. The van der Waals surface area contributed by atoms with Crippen molar-refractivity contribution in [3.63, 3.8) is 0 Å². The minimum absolute atomic E-state index is 0.00869. The van der Waals surface area contributed by atoms with E-state index in [1.807, 2.05) is 121 Å². The molecule has 0 amide bonds. The summed E-state index contributed by atoms with van der Waals surface area (Å²) in [5, 5.41) is 11.7. The number of hydrogen-bond acceptors (Lipinski definition) is 7. The Morgan fingerprint density at radius 1 is 0.644 bits per heavy atom. The first-order valence-electron chi connectivity index (χ1n) is 15.5. The highest BCUT2D eigenvalue weighted by atomic mass is 16.6. The number of ketones is 1. The first kappa shape index (κ1) is 31.3. The lowest BCUT2D eigenvalue weighted by molar-refractivity contribution is -0.353. The van der Waals surface area contributed by atoms with Crippen LogP contribution in [0.2, 0.25) is 0 Å². The molecule has 0 aromatic heterocycles. The summed E-state index contributed by atoms with van der Waals surface area (Å²) < 4.78 is 33.0. The maximum atomic E-state index is 12.9. The van der Waals surface area contributed by atoms with Crippen LogP contribution in [0.15, 0.2) is 121 Å². The molecule has 6 rings (SSSR count). The van der Waals surface area contributed by atoms with Gasteiger partial charge in [0.15, 0.2) is 11.4 Å². The van der Waals surface area contributed by atoms with Crippen LogP contribution in [-0.2, 0) is 54.9 Å². The third kappa shape index (κ3) is 6.94. The molecule has 45 heavy (non-hydrogen) atoms. The monoisotopic (exact) mass is 608 g/mol. The fourth-order valence-corrected chi connectivity index (χ4v) is 6.20. The van der Waals surface area contributed by atoms with Crippen LogP contribution in [0, 0.1) is 0 Å². The van der Waals surface area contributed by atoms with E-state index >= 15 is 0 Å². The summed E-state index contributed by atoms with van der Waals surface area (Å²) in [5.74, 6) is -0.301. The first-order valence-corrected chi connectivity index (χ1v) is 15.5. The van der Waals surface area contributed by atoms with Gasteiger partial charge < -0.3 is 28.8 Å². The van der Waals surface area contributed by atoms with Gasteiger partial charge in [0.2, 0.25) is 0 Å². The van der Waals surface area contributed by atoms with E-state index in [-0.39, 0.29) is 32.0 Å². The Labute approximate surface area is 264 Å². The number of carbonyl (C=O) groups excluding carboxylic acids is 1. The molecule has 1 spiro atoms. The van der Waals surface area contributed by atoms with Crippen LogP contribution in [-0.4, -0.2) is 53.1 Å². The van der Waals surface area contributed by atoms with Crippen molar-refractivity contribution in [2.24, 2.45) is 0 Å². The van der Waals surface area contributed by atoms with Crippen molar-refractivity contribution in [3.8, 4) is 0 Å². The van der Waals surface area contributed by atoms with Crippen molar-refractivity contribution < 1.29 is 33.6 Å². The molecule has 0 bridgehead atoms. The molecule has 1 heterocycles. The van der Waals surface area contributed by atoms with Gasteiger partial charge in [-0.1, -0.05) is 121 Å². The van der Waals surface area contributed by atoms with Gasteiger partial charge in [-0.2, -0.15) is 0 Å². The lowest BCUT2D eigenvalue weighted by atomic mass is 9.59. The highest BCUT2D eigenvalue weighted by molar-refractivity contribution is 5.96. The van der Waals surface area contributed by atoms with Gasteiger partial charge >= 0.3 is 0 Å². The van der Waals surface area contributed by atoms with Crippen LogP contribution < -0.4 is 0 Å². The van der Waals surface area contributed by atoms with Crippen LogP contribution in [0.5, 0.6) is 0 Å². The molecule has 1 aliphatic heterocycles. The van der Waals surface area contributed by atoms with Crippen LogP contribution in [0.1, 0.15) is 35.6 Å². The standard InChI is InChI=1S/C38H40O7/c1-37(40)33(39)22-38(37)36(44-26-31-20-12-5-13-21-31)35(43-25-30-18-10-4-11-19-30)34(42-24-29-16-8-3-9-17-29)32(45-38)27-41-23-28-14-6-2-7-15-28/h2-21,32,34-36,40H,22-27H2,1H3/t32?,34-,35?,36?,37?,38+/m1/s1. The van der Waals surface area contributed by atoms with Crippen molar-refractivity contribution in [2.45, 2.75) is 75.4 Å². The predicted molar refractivity (Wildman–Crippen MR) is 169 cm³/mol. The zero-order valence-electron chi connectivity index (χ0n) is 25.5. The largest absolute Gasteiger partial charge is 0.379 e. The Balaban J connectivity index is 1.34. The van der Waals surface area contributed by atoms with Gasteiger partial charge in [-0.15, -0.1) is 0 Å². The minimum atomic E-state index is -1.79. The lowest BCUT2D eigenvalue weighted by Gasteiger charge is -2.61. The average Bonchev–Trinajstić information content (AvgIpc) is 3.08. The Hall–Kier alpha value is -3.69. The molecule has 4 aromatic rings. The van der Waals surface area contributed by atoms with E-state index in [2.05, 4.69) is 0 Å². The van der Waals surface area contributed by atoms with Gasteiger partial charge in [0, 0.05) is 6.42 Å². The molecular weight excluding hydrogens is 568 g/mol. The second-order valence-corrected chi connectivity index (χ2v) is 12.0. The Bertz CT molecular complexity index is 1500. The Morgan fingerprint density at radius 3 is 1.51 bits per heavy atom. The number of rotatable bonds is 13. The molecule has 4 aromatic carbocycles. The fourth-order valence-electron chi connectivity index (χ4n) is 6.20. The fraction of sp³-hybridized carbons (Fsp3) is 0.342. The molecule has 0 radical (unpaired) electrons. The molecule has 1 saturated carbocycles. The second kappa shape index (κ2) is 14.2. The van der Waals surface area contributed by atoms with Gasteiger partial charge in [-0.3, -0.25) is 4.79 Å². The summed E-state index contributed by atoms with van der Waals surface area (Å²) in [4.78, 5) is 12.9. The van der Waals surface area contributed by atoms with Crippen molar-refractivity contribution >= 4 is 5.78 Å². The smallest absolute Gasteiger partial charge is 0.170 e.